The number of carboxylic acid groups (broad SMARTS) is 1. The topological polar surface area (TPSA) is 73.1 Å². The summed E-state index contributed by atoms with van der Waals surface area (Å²) in [6, 6.07) is 19.1. The fourth-order valence-corrected chi connectivity index (χ4v) is 3.60. The fourth-order valence-electron chi connectivity index (χ4n) is 3.35. The van der Waals surface area contributed by atoms with Crippen molar-refractivity contribution in [2.24, 2.45) is 5.10 Å². The normalized spacial score (nSPS) is 16.0. The van der Waals surface area contributed by atoms with E-state index >= 15 is 0 Å². The van der Waals surface area contributed by atoms with Gasteiger partial charge in [0.05, 0.1) is 17.4 Å². The molecule has 5 nitrogen and oxygen atoms in total. The zero-order chi connectivity index (χ0) is 20.5. The summed E-state index contributed by atoms with van der Waals surface area (Å²) in [5, 5.41) is 27.1. The van der Waals surface area contributed by atoms with Gasteiger partial charge in [0, 0.05) is 16.5 Å². The molecule has 4 rings (SSSR count). The van der Waals surface area contributed by atoms with E-state index in [4.69, 9.17) is 28.3 Å². The highest BCUT2D eigenvalue weighted by Crippen LogP contribution is 2.38. The van der Waals surface area contributed by atoms with Crippen molar-refractivity contribution in [1.29, 1.82) is 0 Å². The zero-order valence-corrected chi connectivity index (χ0v) is 16.6. The number of phenols is 1. The van der Waals surface area contributed by atoms with E-state index in [0.717, 1.165) is 22.5 Å². The molecule has 1 unspecified atom stereocenters. The molecule has 29 heavy (non-hydrogen) atoms. The third-order valence-corrected chi connectivity index (χ3v) is 5.32. The predicted molar refractivity (Wildman–Crippen MR) is 114 cm³/mol. The zero-order valence-electron chi connectivity index (χ0n) is 15.1. The van der Waals surface area contributed by atoms with Crippen molar-refractivity contribution in [2.75, 3.05) is 5.01 Å². The van der Waals surface area contributed by atoms with Gasteiger partial charge in [-0.05, 0) is 59.7 Å². The van der Waals surface area contributed by atoms with Crippen LogP contribution in [0.25, 0.3) is 0 Å². The van der Waals surface area contributed by atoms with E-state index in [-0.39, 0.29) is 17.4 Å². The number of rotatable bonds is 4. The number of aromatic carboxylic acids is 1. The SMILES string of the molecule is O=C(O)c1cc(C2CC(c3ccc(Cl)cc3)=NN2c2ccc(Cl)cc2)ccc1O. The second kappa shape index (κ2) is 7.78. The van der Waals surface area contributed by atoms with Crippen LogP contribution in [0.1, 0.15) is 33.9 Å². The van der Waals surface area contributed by atoms with Crippen LogP contribution in [0.2, 0.25) is 10.0 Å². The molecule has 1 heterocycles. The van der Waals surface area contributed by atoms with Gasteiger partial charge in [0.1, 0.15) is 11.3 Å². The highest BCUT2D eigenvalue weighted by atomic mass is 35.5. The van der Waals surface area contributed by atoms with E-state index < -0.39 is 5.97 Å². The smallest absolute Gasteiger partial charge is 0.339 e. The van der Waals surface area contributed by atoms with Crippen LogP contribution in [-0.2, 0) is 0 Å². The Labute approximate surface area is 177 Å². The maximum absolute atomic E-state index is 11.5. The average molecular weight is 427 g/mol. The summed E-state index contributed by atoms with van der Waals surface area (Å²) in [6.45, 7) is 0. The maximum atomic E-state index is 11.5. The third-order valence-electron chi connectivity index (χ3n) is 4.81. The molecule has 7 heteroatoms. The van der Waals surface area contributed by atoms with Crippen LogP contribution in [0.3, 0.4) is 0 Å². The number of hydrogen-bond acceptors (Lipinski definition) is 4. The van der Waals surface area contributed by atoms with E-state index in [0.29, 0.717) is 16.5 Å². The van der Waals surface area contributed by atoms with Crippen molar-refractivity contribution < 1.29 is 15.0 Å². The summed E-state index contributed by atoms with van der Waals surface area (Å²) >= 11 is 12.0. The van der Waals surface area contributed by atoms with Crippen LogP contribution in [0.4, 0.5) is 5.69 Å². The number of halogens is 2. The van der Waals surface area contributed by atoms with Gasteiger partial charge in [0.2, 0.25) is 0 Å². The fraction of sp³-hybridized carbons (Fsp3) is 0.0909. The number of carbonyl (C=O) groups is 1. The Morgan fingerprint density at radius 1 is 0.966 bits per heavy atom. The molecule has 3 aromatic carbocycles. The van der Waals surface area contributed by atoms with Gasteiger partial charge >= 0.3 is 5.97 Å². The molecule has 0 spiro atoms. The van der Waals surface area contributed by atoms with Gasteiger partial charge in [0.25, 0.3) is 0 Å². The third kappa shape index (κ3) is 3.92. The highest BCUT2D eigenvalue weighted by Gasteiger charge is 2.31. The minimum atomic E-state index is -1.18. The van der Waals surface area contributed by atoms with Gasteiger partial charge in [-0.3, -0.25) is 5.01 Å². The maximum Gasteiger partial charge on any atom is 0.339 e. The molecule has 1 atom stereocenters. The first-order valence-corrected chi connectivity index (χ1v) is 9.62. The second-order valence-corrected chi connectivity index (χ2v) is 7.55. The van der Waals surface area contributed by atoms with Gasteiger partial charge in [-0.2, -0.15) is 5.10 Å². The van der Waals surface area contributed by atoms with Gasteiger partial charge in [-0.15, -0.1) is 0 Å². The number of nitrogens with zero attached hydrogens (tertiary/aromatic N) is 2. The molecule has 1 aliphatic heterocycles. The molecule has 0 radical (unpaired) electrons. The molecule has 1 aliphatic rings. The molecule has 2 N–H and O–H groups in total. The van der Waals surface area contributed by atoms with Crippen LogP contribution in [0.5, 0.6) is 5.75 Å². The number of aromatic hydroxyl groups is 1. The van der Waals surface area contributed by atoms with Gasteiger partial charge in [-0.1, -0.05) is 41.4 Å². The molecule has 146 valence electrons. The molecule has 0 amide bonds. The van der Waals surface area contributed by atoms with E-state index in [1.54, 1.807) is 18.2 Å². The first-order chi connectivity index (χ1) is 13.9. The molecule has 0 aliphatic carbocycles. The molecule has 0 saturated heterocycles. The van der Waals surface area contributed by atoms with E-state index in [1.807, 2.05) is 41.4 Å². The minimum absolute atomic E-state index is 0.140. The average Bonchev–Trinajstić information content (AvgIpc) is 3.14. The van der Waals surface area contributed by atoms with Crippen LogP contribution in [0, 0.1) is 0 Å². The molecular weight excluding hydrogens is 411 g/mol. The Kier molecular flexibility index (Phi) is 5.18. The second-order valence-electron chi connectivity index (χ2n) is 6.68. The first-order valence-electron chi connectivity index (χ1n) is 8.87. The van der Waals surface area contributed by atoms with Crippen LogP contribution in [0.15, 0.2) is 71.8 Å². The van der Waals surface area contributed by atoms with E-state index in [2.05, 4.69) is 0 Å². The molecule has 0 saturated carbocycles. The number of hydrazone groups is 1. The Bertz CT molecular complexity index is 1100. The van der Waals surface area contributed by atoms with Crippen molar-refractivity contribution in [2.45, 2.75) is 12.5 Å². The summed E-state index contributed by atoms with van der Waals surface area (Å²) in [4.78, 5) is 11.5. The minimum Gasteiger partial charge on any atom is -0.507 e. The van der Waals surface area contributed by atoms with Gasteiger partial charge in [-0.25, -0.2) is 4.79 Å². The number of anilines is 1. The highest BCUT2D eigenvalue weighted by molar-refractivity contribution is 6.31. The van der Waals surface area contributed by atoms with Crippen LogP contribution >= 0.6 is 23.2 Å². The van der Waals surface area contributed by atoms with Gasteiger partial charge in [0.15, 0.2) is 0 Å². The summed E-state index contributed by atoms with van der Waals surface area (Å²) in [7, 11) is 0. The number of benzene rings is 3. The number of hydrogen-bond donors (Lipinski definition) is 2. The van der Waals surface area contributed by atoms with E-state index in [1.165, 1.54) is 12.1 Å². The lowest BCUT2D eigenvalue weighted by atomic mass is 9.96. The van der Waals surface area contributed by atoms with Crippen molar-refractivity contribution >= 4 is 40.6 Å². The largest absolute Gasteiger partial charge is 0.507 e. The Balaban J connectivity index is 1.77. The quantitative estimate of drug-likeness (QED) is 0.556. The number of carboxylic acids is 1. The first kappa shape index (κ1) is 19.3. The Hall–Kier alpha value is -3.02. The molecule has 0 fully saturated rings. The van der Waals surface area contributed by atoms with Crippen LogP contribution in [-0.4, -0.2) is 21.9 Å². The summed E-state index contributed by atoms with van der Waals surface area (Å²) in [6.07, 6.45) is 0.564. The monoisotopic (exact) mass is 426 g/mol. The van der Waals surface area contributed by atoms with Crippen molar-refractivity contribution in [1.82, 2.24) is 0 Å². The molecule has 0 aromatic heterocycles. The van der Waals surface area contributed by atoms with Crippen molar-refractivity contribution in [3.05, 3.63) is 93.5 Å². The van der Waals surface area contributed by atoms with E-state index in [9.17, 15) is 15.0 Å². The standard InChI is InChI=1S/C22H16Cl2N2O3/c23-15-4-1-13(2-5-15)19-12-20(14-3-10-21(27)18(11-14)22(28)29)26(25-19)17-8-6-16(24)7-9-17/h1-11,20,27H,12H2,(H,28,29). The van der Waals surface area contributed by atoms with Crippen molar-refractivity contribution in [3.8, 4) is 5.75 Å². The summed E-state index contributed by atoms with van der Waals surface area (Å²) in [5.41, 5.74) is 3.22. The van der Waals surface area contributed by atoms with Crippen LogP contribution < -0.4 is 5.01 Å². The Morgan fingerprint density at radius 2 is 1.59 bits per heavy atom. The Morgan fingerprint density at radius 3 is 2.21 bits per heavy atom. The van der Waals surface area contributed by atoms with Crippen molar-refractivity contribution in [3.63, 3.8) is 0 Å². The van der Waals surface area contributed by atoms with Gasteiger partial charge < -0.3 is 10.2 Å². The predicted octanol–water partition coefficient (Wildman–Crippen LogP) is 5.75. The summed E-state index contributed by atoms with van der Waals surface area (Å²) in [5.74, 6) is -1.45. The lowest BCUT2D eigenvalue weighted by Crippen LogP contribution is -2.19. The molecule has 0 bridgehead atoms. The molecule has 3 aromatic rings. The summed E-state index contributed by atoms with van der Waals surface area (Å²) < 4.78 is 0. The lowest BCUT2D eigenvalue weighted by molar-refractivity contribution is 0.0693. The lowest BCUT2D eigenvalue weighted by Gasteiger charge is -2.24. The molecular formula is C22H16Cl2N2O3.